The lowest BCUT2D eigenvalue weighted by molar-refractivity contribution is -0.124. The van der Waals surface area contributed by atoms with Crippen LogP contribution in [0, 0.1) is 5.41 Å². The molecule has 0 amide bonds. The van der Waals surface area contributed by atoms with Crippen LogP contribution < -0.4 is 5.32 Å². The highest BCUT2D eigenvalue weighted by atomic mass is 79.9. The Labute approximate surface area is 154 Å². The molecule has 2 heterocycles. The van der Waals surface area contributed by atoms with Crippen LogP contribution in [-0.2, 0) is 4.79 Å². The van der Waals surface area contributed by atoms with E-state index in [-0.39, 0.29) is 22.9 Å². The minimum Gasteiger partial charge on any atom is -0.508 e. The number of hydrogen-bond acceptors (Lipinski definition) is 4. The highest BCUT2D eigenvalue weighted by molar-refractivity contribution is 9.10. The largest absolute Gasteiger partial charge is 0.508 e. The monoisotopic (exact) mass is 405 g/mol. The van der Waals surface area contributed by atoms with Crippen molar-refractivity contribution in [3.63, 3.8) is 0 Å². The molecule has 24 heavy (non-hydrogen) atoms. The Morgan fingerprint density at radius 2 is 2.08 bits per heavy atom. The van der Waals surface area contributed by atoms with Crippen molar-refractivity contribution in [3.05, 3.63) is 50.1 Å². The van der Waals surface area contributed by atoms with Crippen molar-refractivity contribution < 1.29 is 9.90 Å². The van der Waals surface area contributed by atoms with E-state index in [9.17, 15) is 9.90 Å². The van der Waals surface area contributed by atoms with E-state index in [2.05, 4.69) is 21.2 Å². The summed E-state index contributed by atoms with van der Waals surface area (Å²) in [4.78, 5) is 14.4. The van der Waals surface area contributed by atoms with Gasteiger partial charge in [0, 0.05) is 43.1 Å². The van der Waals surface area contributed by atoms with E-state index >= 15 is 0 Å². The second kappa shape index (κ2) is 5.67. The molecule has 5 heteroatoms. The van der Waals surface area contributed by atoms with Gasteiger partial charge in [0.25, 0.3) is 0 Å². The molecule has 4 rings (SSSR count). The van der Waals surface area contributed by atoms with Crippen molar-refractivity contribution in [2.24, 2.45) is 5.41 Å². The first-order valence-corrected chi connectivity index (χ1v) is 10.1. The van der Waals surface area contributed by atoms with E-state index in [1.54, 1.807) is 17.8 Å². The lowest BCUT2D eigenvalue weighted by Crippen LogP contribution is -2.38. The summed E-state index contributed by atoms with van der Waals surface area (Å²) in [5, 5.41) is 14.1. The number of ketones is 1. The molecular formula is C19H20BrNO2S. The van der Waals surface area contributed by atoms with Crippen molar-refractivity contribution in [2.45, 2.75) is 39.0 Å². The molecule has 2 N–H and O–H groups in total. The van der Waals surface area contributed by atoms with Crippen molar-refractivity contribution in [1.82, 2.24) is 5.32 Å². The zero-order valence-electron chi connectivity index (χ0n) is 13.8. The number of hydrogen-bond donors (Lipinski definition) is 2. The van der Waals surface area contributed by atoms with Gasteiger partial charge in [-0.2, -0.15) is 0 Å². The number of rotatable bonds is 1. The zero-order chi connectivity index (χ0) is 17.1. The number of carbonyl (C=O) groups is 1. The van der Waals surface area contributed by atoms with Crippen molar-refractivity contribution in [3.8, 4) is 5.75 Å². The highest BCUT2D eigenvalue weighted by Gasteiger charge is 2.45. The number of halogens is 1. The van der Waals surface area contributed by atoms with E-state index in [1.807, 2.05) is 26.0 Å². The van der Waals surface area contributed by atoms with Crippen LogP contribution in [0.15, 0.2) is 44.5 Å². The standard InChI is InChI=1S/C19H20BrNO2S/c1-19(2)7-5-12-16(18(19)23)15(17-13(21-12)6-8-24-17)11-9-10(20)3-4-14(11)22/h3-4,9,15,21-22H,5-8H2,1-2H3. The van der Waals surface area contributed by atoms with Gasteiger partial charge in [0.05, 0.1) is 5.92 Å². The van der Waals surface area contributed by atoms with Gasteiger partial charge < -0.3 is 10.4 Å². The van der Waals surface area contributed by atoms with Crippen LogP contribution in [0.3, 0.4) is 0 Å². The number of Topliss-reactive ketones (excluding diaryl/α,β-unsaturated/α-hetero) is 1. The van der Waals surface area contributed by atoms with Gasteiger partial charge in [-0.25, -0.2) is 0 Å². The molecule has 2 aliphatic heterocycles. The predicted molar refractivity (Wildman–Crippen MR) is 101 cm³/mol. The van der Waals surface area contributed by atoms with Gasteiger partial charge in [-0.3, -0.25) is 4.79 Å². The Morgan fingerprint density at radius 3 is 2.88 bits per heavy atom. The van der Waals surface area contributed by atoms with E-state index in [1.165, 1.54) is 10.6 Å². The Balaban J connectivity index is 1.92. The average molecular weight is 406 g/mol. The number of carbonyl (C=O) groups excluding carboxylic acids is 1. The van der Waals surface area contributed by atoms with Crippen LogP contribution >= 0.6 is 27.7 Å². The topological polar surface area (TPSA) is 49.3 Å². The van der Waals surface area contributed by atoms with Gasteiger partial charge in [0.2, 0.25) is 0 Å². The minimum absolute atomic E-state index is 0.145. The summed E-state index contributed by atoms with van der Waals surface area (Å²) in [6.45, 7) is 4.06. The molecule has 0 aromatic heterocycles. The minimum atomic E-state index is -0.346. The summed E-state index contributed by atoms with van der Waals surface area (Å²) >= 11 is 5.32. The summed E-state index contributed by atoms with van der Waals surface area (Å²) in [6.07, 6.45) is 2.75. The van der Waals surface area contributed by atoms with Crippen molar-refractivity contribution in [1.29, 1.82) is 0 Å². The number of allylic oxidation sites excluding steroid dienone is 4. The Hall–Kier alpha value is -1.20. The molecule has 3 aliphatic rings. The molecule has 0 saturated heterocycles. The van der Waals surface area contributed by atoms with E-state index in [4.69, 9.17) is 0 Å². The molecule has 1 aromatic rings. The van der Waals surface area contributed by atoms with Gasteiger partial charge in [-0.1, -0.05) is 29.8 Å². The van der Waals surface area contributed by atoms with Crippen molar-refractivity contribution in [2.75, 3.05) is 5.75 Å². The zero-order valence-corrected chi connectivity index (χ0v) is 16.2. The fourth-order valence-corrected chi connectivity index (χ4v) is 5.49. The molecule has 0 fully saturated rings. The van der Waals surface area contributed by atoms with Crippen LogP contribution in [0.4, 0.5) is 0 Å². The third kappa shape index (κ3) is 2.44. The number of aromatic hydroxyl groups is 1. The van der Waals surface area contributed by atoms with Crippen LogP contribution in [0.1, 0.15) is 44.6 Å². The van der Waals surface area contributed by atoms with E-state index in [0.717, 1.165) is 46.3 Å². The van der Waals surface area contributed by atoms with Gasteiger partial charge in [0.1, 0.15) is 5.75 Å². The lowest BCUT2D eigenvalue weighted by atomic mass is 9.69. The fraction of sp³-hybridized carbons (Fsp3) is 0.421. The molecule has 1 aliphatic carbocycles. The van der Waals surface area contributed by atoms with Gasteiger partial charge in [0.15, 0.2) is 5.78 Å². The van der Waals surface area contributed by atoms with Crippen LogP contribution in [0.5, 0.6) is 5.75 Å². The van der Waals surface area contributed by atoms with E-state index in [0.29, 0.717) is 0 Å². The quantitative estimate of drug-likeness (QED) is 0.701. The maximum absolute atomic E-state index is 13.2. The third-order valence-corrected chi connectivity index (χ3v) is 6.94. The molecular weight excluding hydrogens is 386 g/mol. The van der Waals surface area contributed by atoms with Crippen LogP contribution in [0.2, 0.25) is 0 Å². The van der Waals surface area contributed by atoms with Crippen LogP contribution in [-0.4, -0.2) is 16.6 Å². The number of nitrogens with one attached hydrogen (secondary N) is 1. The smallest absolute Gasteiger partial charge is 0.167 e. The summed E-state index contributed by atoms with van der Waals surface area (Å²) in [5.41, 5.74) is 3.63. The van der Waals surface area contributed by atoms with Gasteiger partial charge in [-0.05, 0) is 37.5 Å². The normalized spacial score (nSPS) is 25.5. The molecule has 0 bridgehead atoms. The molecule has 3 nitrogen and oxygen atoms in total. The second-order valence-electron chi connectivity index (χ2n) is 7.31. The second-order valence-corrected chi connectivity index (χ2v) is 9.36. The Kier molecular flexibility index (Phi) is 3.84. The lowest BCUT2D eigenvalue weighted by Gasteiger charge is -2.39. The van der Waals surface area contributed by atoms with Crippen molar-refractivity contribution >= 4 is 33.5 Å². The average Bonchev–Trinajstić information content (AvgIpc) is 3.00. The predicted octanol–water partition coefficient (Wildman–Crippen LogP) is 4.83. The number of phenols is 1. The number of dihydropyridines is 1. The first-order valence-electron chi connectivity index (χ1n) is 8.27. The molecule has 0 spiro atoms. The Bertz CT molecular complexity index is 810. The summed E-state index contributed by atoms with van der Waals surface area (Å²) in [5.74, 6) is 1.35. The number of benzene rings is 1. The van der Waals surface area contributed by atoms with E-state index < -0.39 is 0 Å². The first kappa shape index (κ1) is 16.3. The SMILES string of the molecule is CC1(C)CCC2=C(C1=O)C(c1cc(Br)ccc1O)C1=C(CCS1)N2. The van der Waals surface area contributed by atoms with Crippen LogP contribution in [0.25, 0.3) is 0 Å². The third-order valence-electron chi connectivity index (χ3n) is 5.24. The summed E-state index contributed by atoms with van der Waals surface area (Å²) < 4.78 is 0.920. The van der Waals surface area contributed by atoms with Gasteiger partial charge in [-0.15, -0.1) is 11.8 Å². The summed E-state index contributed by atoms with van der Waals surface area (Å²) in [6, 6.07) is 5.49. The number of phenolic OH excluding ortho intramolecular Hbond substituents is 1. The fourth-order valence-electron chi connectivity index (χ4n) is 3.84. The first-order chi connectivity index (χ1) is 11.4. The molecule has 1 aromatic carbocycles. The maximum Gasteiger partial charge on any atom is 0.167 e. The number of thioether (sulfide) groups is 1. The summed E-state index contributed by atoms with van der Waals surface area (Å²) in [7, 11) is 0. The molecule has 126 valence electrons. The maximum atomic E-state index is 13.2. The molecule has 0 saturated carbocycles. The molecule has 1 unspecified atom stereocenters. The highest BCUT2D eigenvalue weighted by Crippen LogP contribution is 2.53. The Morgan fingerprint density at radius 1 is 1.29 bits per heavy atom. The van der Waals surface area contributed by atoms with Gasteiger partial charge >= 0.3 is 0 Å². The molecule has 1 atom stereocenters. The molecule has 0 radical (unpaired) electrons.